The monoisotopic (exact) mass is 232 g/mol. The van der Waals surface area contributed by atoms with Gasteiger partial charge in [0.2, 0.25) is 0 Å². The molecule has 0 radical (unpaired) electrons. The number of rotatable bonds is 8. The molecular formula is C10H20N2O2S. The first kappa shape index (κ1) is 14.3. The summed E-state index contributed by atoms with van der Waals surface area (Å²) in [4.78, 5) is 0. The van der Waals surface area contributed by atoms with E-state index in [-0.39, 0.29) is 0 Å². The average Bonchev–Trinajstić information content (AvgIpc) is 2.19. The molecule has 0 saturated heterocycles. The van der Waals surface area contributed by atoms with E-state index in [1.807, 2.05) is 13.8 Å². The highest BCUT2D eigenvalue weighted by molar-refractivity contribution is 7.86. The molecule has 0 spiro atoms. The third kappa shape index (κ3) is 3.77. The summed E-state index contributed by atoms with van der Waals surface area (Å²) in [6, 6.07) is 0. The van der Waals surface area contributed by atoms with Crippen LogP contribution in [0, 0.1) is 0 Å². The second kappa shape index (κ2) is 6.76. The first-order chi connectivity index (χ1) is 7.04. The Labute approximate surface area is 93.1 Å². The maximum absolute atomic E-state index is 12.0. The minimum atomic E-state index is -3.36. The van der Waals surface area contributed by atoms with Gasteiger partial charge in [0.15, 0.2) is 0 Å². The summed E-state index contributed by atoms with van der Waals surface area (Å²) in [7, 11) is -3.36. The van der Waals surface area contributed by atoms with Crippen molar-refractivity contribution >= 4 is 10.2 Å². The molecule has 0 saturated carbocycles. The molecule has 15 heavy (non-hydrogen) atoms. The Kier molecular flexibility index (Phi) is 6.47. The third-order valence-corrected chi connectivity index (χ3v) is 4.14. The normalized spacial score (nSPS) is 12.0. The molecule has 0 aromatic rings. The lowest BCUT2D eigenvalue weighted by Crippen LogP contribution is -2.43. The number of hydrogen-bond donors (Lipinski definition) is 0. The first-order valence-electron chi connectivity index (χ1n) is 5.01. The number of hydrogen-bond acceptors (Lipinski definition) is 2. The van der Waals surface area contributed by atoms with Crippen LogP contribution in [0.3, 0.4) is 0 Å². The quantitative estimate of drug-likeness (QED) is 0.591. The Morgan fingerprint density at radius 1 is 1.00 bits per heavy atom. The van der Waals surface area contributed by atoms with E-state index in [2.05, 4.69) is 13.2 Å². The molecule has 0 atom stereocenters. The molecule has 0 bridgehead atoms. The Bertz CT molecular complexity index is 285. The van der Waals surface area contributed by atoms with E-state index in [0.717, 1.165) is 0 Å². The molecule has 0 rings (SSSR count). The van der Waals surface area contributed by atoms with E-state index in [1.54, 1.807) is 12.2 Å². The highest BCUT2D eigenvalue weighted by Crippen LogP contribution is 2.07. The van der Waals surface area contributed by atoms with Gasteiger partial charge in [0.25, 0.3) is 10.2 Å². The molecule has 0 amide bonds. The fraction of sp³-hybridized carbons (Fsp3) is 0.600. The maximum Gasteiger partial charge on any atom is 0.282 e. The lowest BCUT2D eigenvalue weighted by molar-refractivity contribution is 0.378. The van der Waals surface area contributed by atoms with Gasteiger partial charge in [-0.3, -0.25) is 0 Å². The van der Waals surface area contributed by atoms with Gasteiger partial charge >= 0.3 is 0 Å². The second-order valence-corrected chi connectivity index (χ2v) is 4.91. The van der Waals surface area contributed by atoms with Gasteiger partial charge in [-0.05, 0) is 0 Å². The van der Waals surface area contributed by atoms with E-state index in [9.17, 15) is 8.42 Å². The van der Waals surface area contributed by atoms with Crippen molar-refractivity contribution in [2.45, 2.75) is 13.8 Å². The summed E-state index contributed by atoms with van der Waals surface area (Å²) in [5, 5.41) is 0. The summed E-state index contributed by atoms with van der Waals surface area (Å²) in [6.07, 6.45) is 3.15. The predicted molar refractivity (Wildman–Crippen MR) is 63.8 cm³/mol. The molecule has 0 aromatic carbocycles. The van der Waals surface area contributed by atoms with Gasteiger partial charge in [0, 0.05) is 26.2 Å². The van der Waals surface area contributed by atoms with Crippen LogP contribution in [0.25, 0.3) is 0 Å². The highest BCUT2D eigenvalue weighted by Gasteiger charge is 2.25. The van der Waals surface area contributed by atoms with Gasteiger partial charge in [-0.15, -0.1) is 13.2 Å². The largest absolute Gasteiger partial charge is 0.282 e. The fourth-order valence-corrected chi connectivity index (χ4v) is 2.83. The zero-order valence-corrected chi connectivity index (χ0v) is 10.3. The van der Waals surface area contributed by atoms with Crippen molar-refractivity contribution < 1.29 is 8.42 Å². The minimum Gasteiger partial charge on any atom is -0.195 e. The molecule has 0 aromatic heterocycles. The van der Waals surface area contributed by atoms with Crippen molar-refractivity contribution in [3.05, 3.63) is 25.3 Å². The van der Waals surface area contributed by atoms with Crippen LogP contribution in [-0.4, -0.2) is 43.2 Å². The van der Waals surface area contributed by atoms with Gasteiger partial charge in [-0.2, -0.15) is 17.0 Å². The summed E-state index contributed by atoms with van der Waals surface area (Å²) in [6.45, 7) is 12.3. The maximum atomic E-state index is 12.0. The molecule has 4 nitrogen and oxygen atoms in total. The fourth-order valence-electron chi connectivity index (χ4n) is 1.26. The Balaban J connectivity index is 4.90. The second-order valence-electron chi connectivity index (χ2n) is 2.99. The molecule has 0 N–H and O–H groups in total. The Morgan fingerprint density at radius 3 is 1.67 bits per heavy atom. The van der Waals surface area contributed by atoms with Crippen LogP contribution >= 0.6 is 0 Å². The van der Waals surface area contributed by atoms with Crippen LogP contribution < -0.4 is 0 Å². The predicted octanol–water partition coefficient (Wildman–Crippen LogP) is 1.25. The first-order valence-corrected chi connectivity index (χ1v) is 6.41. The smallest absolute Gasteiger partial charge is 0.195 e. The molecule has 0 aliphatic heterocycles. The molecule has 88 valence electrons. The third-order valence-electron chi connectivity index (χ3n) is 2.02. The number of nitrogens with zero attached hydrogens (tertiary/aromatic N) is 2. The summed E-state index contributed by atoms with van der Waals surface area (Å²) in [5.41, 5.74) is 0. The lowest BCUT2D eigenvalue weighted by Gasteiger charge is -2.26. The van der Waals surface area contributed by atoms with Crippen molar-refractivity contribution in [3.63, 3.8) is 0 Å². The molecule has 5 heteroatoms. The zero-order valence-electron chi connectivity index (χ0n) is 9.52. The Morgan fingerprint density at radius 2 is 1.40 bits per heavy atom. The van der Waals surface area contributed by atoms with Crippen molar-refractivity contribution in [2.75, 3.05) is 26.2 Å². The SMILES string of the molecule is C=CCN(CC=C)S(=O)(=O)N(CC)CC. The molecule has 0 fully saturated rings. The van der Waals surface area contributed by atoms with Crippen LogP contribution in [0.2, 0.25) is 0 Å². The van der Waals surface area contributed by atoms with Crippen molar-refractivity contribution in [3.8, 4) is 0 Å². The van der Waals surface area contributed by atoms with Crippen molar-refractivity contribution in [2.24, 2.45) is 0 Å². The molecule has 0 aliphatic carbocycles. The van der Waals surface area contributed by atoms with Gasteiger partial charge in [0.05, 0.1) is 0 Å². The van der Waals surface area contributed by atoms with E-state index in [1.165, 1.54) is 8.61 Å². The van der Waals surface area contributed by atoms with Crippen LogP contribution in [0.4, 0.5) is 0 Å². The topological polar surface area (TPSA) is 40.6 Å². The van der Waals surface area contributed by atoms with Crippen LogP contribution in [0.15, 0.2) is 25.3 Å². The van der Waals surface area contributed by atoms with E-state index in [4.69, 9.17) is 0 Å². The van der Waals surface area contributed by atoms with Crippen molar-refractivity contribution in [1.82, 2.24) is 8.61 Å². The van der Waals surface area contributed by atoms with E-state index in [0.29, 0.717) is 26.2 Å². The summed E-state index contributed by atoms with van der Waals surface area (Å²) >= 11 is 0. The van der Waals surface area contributed by atoms with Crippen LogP contribution in [0.5, 0.6) is 0 Å². The molecule has 0 unspecified atom stereocenters. The van der Waals surface area contributed by atoms with Gasteiger partial charge < -0.3 is 0 Å². The Hall–Kier alpha value is -0.650. The van der Waals surface area contributed by atoms with Crippen molar-refractivity contribution in [1.29, 1.82) is 0 Å². The van der Waals surface area contributed by atoms with Gasteiger partial charge in [-0.25, -0.2) is 0 Å². The van der Waals surface area contributed by atoms with Gasteiger partial charge in [-0.1, -0.05) is 26.0 Å². The van der Waals surface area contributed by atoms with E-state index >= 15 is 0 Å². The van der Waals surface area contributed by atoms with Crippen LogP contribution in [-0.2, 0) is 10.2 Å². The minimum absolute atomic E-state index is 0.310. The zero-order chi connectivity index (χ0) is 11.9. The average molecular weight is 232 g/mol. The van der Waals surface area contributed by atoms with Crippen LogP contribution in [0.1, 0.15) is 13.8 Å². The van der Waals surface area contributed by atoms with E-state index < -0.39 is 10.2 Å². The standard InChI is InChI=1S/C10H20N2O2S/c1-5-9-12(10-6-2)15(13,14)11(7-3)8-4/h5-6H,1-2,7-10H2,3-4H3. The highest BCUT2D eigenvalue weighted by atomic mass is 32.2. The molecular weight excluding hydrogens is 212 g/mol. The lowest BCUT2D eigenvalue weighted by atomic mass is 10.5. The molecule has 0 aliphatic rings. The molecule has 0 heterocycles. The van der Waals surface area contributed by atoms with Gasteiger partial charge in [0.1, 0.15) is 0 Å². The summed E-state index contributed by atoms with van der Waals surface area (Å²) < 4.78 is 26.8. The summed E-state index contributed by atoms with van der Waals surface area (Å²) in [5.74, 6) is 0.